The molecule has 1 N–H and O–H groups in total. The number of nitrogens with zero attached hydrogens (tertiary/aromatic N) is 2. The first-order chi connectivity index (χ1) is 11.3. The Hall–Kier alpha value is -2.04. The van der Waals surface area contributed by atoms with Crippen molar-refractivity contribution in [3.63, 3.8) is 0 Å². The number of rotatable bonds is 3. The lowest BCUT2D eigenvalue weighted by Crippen LogP contribution is -2.31. The Kier molecular flexibility index (Phi) is 4.28. The van der Waals surface area contributed by atoms with Crippen LogP contribution in [0.2, 0.25) is 0 Å². The number of carbonyl (C=O) groups is 1. The molecule has 24 heavy (non-hydrogen) atoms. The van der Waals surface area contributed by atoms with E-state index < -0.39 is 0 Å². The zero-order valence-electron chi connectivity index (χ0n) is 15.2. The summed E-state index contributed by atoms with van der Waals surface area (Å²) in [6, 6.07) is 3.90. The van der Waals surface area contributed by atoms with Gasteiger partial charge in [0.1, 0.15) is 11.5 Å². The topological polar surface area (TPSA) is 60.1 Å². The van der Waals surface area contributed by atoms with Crippen molar-refractivity contribution in [2.45, 2.75) is 71.4 Å². The van der Waals surface area contributed by atoms with Crippen LogP contribution in [-0.2, 0) is 12.0 Å². The zero-order chi connectivity index (χ0) is 17.5. The van der Waals surface area contributed by atoms with Crippen molar-refractivity contribution in [2.24, 2.45) is 0 Å². The van der Waals surface area contributed by atoms with Gasteiger partial charge in [0.2, 0.25) is 0 Å². The molecule has 1 amide bonds. The van der Waals surface area contributed by atoms with E-state index in [0.717, 1.165) is 36.3 Å². The van der Waals surface area contributed by atoms with E-state index in [4.69, 9.17) is 4.42 Å². The van der Waals surface area contributed by atoms with Gasteiger partial charge in [0.25, 0.3) is 5.91 Å². The lowest BCUT2D eigenvalue weighted by Gasteiger charge is -2.24. The summed E-state index contributed by atoms with van der Waals surface area (Å²) in [7, 11) is 0. The molecule has 0 fully saturated rings. The molecule has 0 spiro atoms. The minimum Gasteiger partial charge on any atom is -0.469 e. The van der Waals surface area contributed by atoms with Crippen molar-refractivity contribution in [1.82, 2.24) is 15.1 Å². The quantitative estimate of drug-likeness (QED) is 0.919. The molecule has 130 valence electrons. The molecule has 0 saturated heterocycles. The molecule has 0 bridgehead atoms. The van der Waals surface area contributed by atoms with Crippen LogP contribution >= 0.6 is 0 Å². The second kappa shape index (κ2) is 6.11. The van der Waals surface area contributed by atoms with Gasteiger partial charge < -0.3 is 9.73 Å². The molecule has 0 aliphatic heterocycles. The molecule has 1 unspecified atom stereocenters. The van der Waals surface area contributed by atoms with E-state index in [1.54, 1.807) is 6.26 Å². The molecule has 1 aliphatic carbocycles. The van der Waals surface area contributed by atoms with Crippen LogP contribution in [-0.4, -0.2) is 15.7 Å². The Balaban J connectivity index is 1.84. The standard InChI is InChI=1S/C19H27N3O2/c1-12(2)16-11-15(21-22(16)19(3,4)5)18(23)20-14-7-6-8-17-13(14)9-10-24-17/h9-12,14H,6-8H2,1-5H3,(H,20,23). The molecule has 2 aromatic rings. The maximum Gasteiger partial charge on any atom is 0.272 e. The second-order valence-corrected chi connectivity index (χ2v) is 7.91. The van der Waals surface area contributed by atoms with Gasteiger partial charge in [-0.2, -0.15) is 5.10 Å². The van der Waals surface area contributed by atoms with Gasteiger partial charge in [-0.1, -0.05) is 13.8 Å². The van der Waals surface area contributed by atoms with Crippen LogP contribution in [0.1, 0.15) is 86.9 Å². The first-order valence-electron chi connectivity index (χ1n) is 8.75. The number of aryl methyl sites for hydroxylation is 1. The number of carbonyl (C=O) groups excluding carboxylic acids is 1. The second-order valence-electron chi connectivity index (χ2n) is 7.91. The molecule has 1 aliphatic rings. The highest BCUT2D eigenvalue weighted by Crippen LogP contribution is 2.31. The number of hydrogen-bond acceptors (Lipinski definition) is 3. The Morgan fingerprint density at radius 1 is 1.42 bits per heavy atom. The maximum atomic E-state index is 12.7. The predicted octanol–water partition coefficient (Wildman–Crippen LogP) is 4.16. The highest BCUT2D eigenvalue weighted by molar-refractivity contribution is 5.92. The van der Waals surface area contributed by atoms with Crippen molar-refractivity contribution < 1.29 is 9.21 Å². The van der Waals surface area contributed by atoms with E-state index in [1.807, 2.05) is 16.8 Å². The summed E-state index contributed by atoms with van der Waals surface area (Å²) >= 11 is 0. The number of fused-ring (bicyclic) bond motifs is 1. The first-order valence-corrected chi connectivity index (χ1v) is 8.75. The van der Waals surface area contributed by atoms with E-state index in [9.17, 15) is 4.79 Å². The van der Waals surface area contributed by atoms with Crippen LogP contribution in [0.25, 0.3) is 0 Å². The summed E-state index contributed by atoms with van der Waals surface area (Å²) in [5, 5.41) is 7.73. The molecule has 0 radical (unpaired) electrons. The monoisotopic (exact) mass is 329 g/mol. The third-order valence-corrected chi connectivity index (χ3v) is 4.55. The summed E-state index contributed by atoms with van der Waals surface area (Å²) < 4.78 is 7.47. The van der Waals surface area contributed by atoms with Crippen molar-refractivity contribution >= 4 is 5.91 Å². The fraction of sp³-hybridized carbons (Fsp3) is 0.579. The van der Waals surface area contributed by atoms with Crippen LogP contribution in [0.3, 0.4) is 0 Å². The number of nitrogens with one attached hydrogen (secondary N) is 1. The van der Waals surface area contributed by atoms with Crippen LogP contribution in [0, 0.1) is 0 Å². The average molecular weight is 329 g/mol. The lowest BCUT2D eigenvalue weighted by atomic mass is 9.93. The van der Waals surface area contributed by atoms with Crippen molar-refractivity contribution in [1.29, 1.82) is 0 Å². The smallest absolute Gasteiger partial charge is 0.272 e. The van der Waals surface area contributed by atoms with Crippen LogP contribution in [0.4, 0.5) is 0 Å². The van der Waals surface area contributed by atoms with Crippen molar-refractivity contribution in [3.05, 3.63) is 41.1 Å². The fourth-order valence-electron chi connectivity index (χ4n) is 3.32. The van der Waals surface area contributed by atoms with Crippen LogP contribution < -0.4 is 5.32 Å². The minimum absolute atomic E-state index is 0.0160. The van der Waals surface area contributed by atoms with Gasteiger partial charge in [-0.05, 0) is 51.7 Å². The van der Waals surface area contributed by atoms with Gasteiger partial charge in [0.15, 0.2) is 0 Å². The molecule has 0 saturated carbocycles. The zero-order valence-corrected chi connectivity index (χ0v) is 15.2. The molecule has 3 rings (SSSR count). The van der Waals surface area contributed by atoms with E-state index >= 15 is 0 Å². The van der Waals surface area contributed by atoms with E-state index in [1.165, 1.54) is 0 Å². The number of amides is 1. The summed E-state index contributed by atoms with van der Waals surface area (Å²) in [5.74, 6) is 1.20. The van der Waals surface area contributed by atoms with Crippen molar-refractivity contribution in [3.8, 4) is 0 Å². The molecular weight excluding hydrogens is 302 g/mol. The van der Waals surface area contributed by atoms with Gasteiger partial charge in [-0.3, -0.25) is 9.48 Å². The Bertz CT molecular complexity index is 734. The Labute approximate surface area is 143 Å². The van der Waals surface area contributed by atoms with E-state index in [-0.39, 0.29) is 17.5 Å². The molecular formula is C19H27N3O2. The van der Waals surface area contributed by atoms with Gasteiger partial charge in [-0.25, -0.2) is 0 Å². The normalized spacial score (nSPS) is 17.8. The van der Waals surface area contributed by atoms with Crippen LogP contribution in [0.5, 0.6) is 0 Å². The van der Waals surface area contributed by atoms with E-state index in [0.29, 0.717) is 11.6 Å². The molecule has 2 aromatic heterocycles. The van der Waals surface area contributed by atoms with Crippen LogP contribution in [0.15, 0.2) is 22.8 Å². The number of furan rings is 1. The van der Waals surface area contributed by atoms with Crippen molar-refractivity contribution in [2.75, 3.05) is 0 Å². The molecule has 5 nitrogen and oxygen atoms in total. The lowest BCUT2D eigenvalue weighted by molar-refractivity contribution is 0.0925. The Morgan fingerprint density at radius 3 is 2.79 bits per heavy atom. The highest BCUT2D eigenvalue weighted by atomic mass is 16.3. The predicted molar refractivity (Wildman–Crippen MR) is 93.2 cm³/mol. The third kappa shape index (κ3) is 3.12. The summed E-state index contributed by atoms with van der Waals surface area (Å²) in [5.41, 5.74) is 2.53. The van der Waals surface area contributed by atoms with E-state index in [2.05, 4.69) is 45.0 Å². The molecule has 0 aromatic carbocycles. The van der Waals surface area contributed by atoms with Gasteiger partial charge in [0.05, 0.1) is 17.8 Å². The summed E-state index contributed by atoms with van der Waals surface area (Å²) in [6.07, 6.45) is 4.62. The average Bonchev–Trinajstić information content (AvgIpc) is 3.14. The Morgan fingerprint density at radius 2 is 2.17 bits per heavy atom. The summed E-state index contributed by atoms with van der Waals surface area (Å²) in [6.45, 7) is 10.6. The van der Waals surface area contributed by atoms with Gasteiger partial charge in [-0.15, -0.1) is 0 Å². The molecule has 2 heterocycles. The molecule has 5 heteroatoms. The number of hydrogen-bond donors (Lipinski definition) is 1. The fourth-order valence-corrected chi connectivity index (χ4v) is 3.32. The number of aromatic nitrogens is 2. The largest absolute Gasteiger partial charge is 0.469 e. The third-order valence-electron chi connectivity index (χ3n) is 4.55. The van der Waals surface area contributed by atoms with Gasteiger partial charge >= 0.3 is 0 Å². The first kappa shape index (κ1) is 16.8. The maximum absolute atomic E-state index is 12.7. The van der Waals surface area contributed by atoms with Gasteiger partial charge in [0, 0.05) is 17.7 Å². The summed E-state index contributed by atoms with van der Waals surface area (Å²) in [4.78, 5) is 12.7. The minimum atomic E-state index is -0.152. The SMILES string of the molecule is CC(C)c1cc(C(=O)NC2CCCc3occc32)nn1C(C)(C)C. The molecule has 1 atom stereocenters. The highest BCUT2D eigenvalue weighted by Gasteiger charge is 2.27.